The number of halogens is 3. The Morgan fingerprint density at radius 1 is 1.17 bits per heavy atom. The van der Waals surface area contributed by atoms with Gasteiger partial charge in [0.15, 0.2) is 0 Å². The maximum Gasteiger partial charge on any atom is 0.136 e. The molecule has 0 radical (unpaired) electrons. The zero-order valence-corrected chi connectivity index (χ0v) is 12.5. The Bertz CT molecular complexity index is 575. The molecule has 0 unspecified atom stereocenters. The van der Waals surface area contributed by atoms with E-state index in [0.29, 0.717) is 25.9 Å². The second-order valence-electron chi connectivity index (χ2n) is 3.68. The molecule has 0 fully saturated rings. The average Bonchev–Trinajstić information content (AvgIpc) is 2.33. The van der Waals surface area contributed by atoms with E-state index in [9.17, 15) is 4.39 Å². The molecule has 0 aliphatic rings. The monoisotopic (exact) mass is 373 g/mol. The molecule has 18 heavy (non-hydrogen) atoms. The molecule has 0 saturated heterocycles. The maximum atomic E-state index is 13.6. The van der Waals surface area contributed by atoms with Crippen molar-refractivity contribution in [3.05, 3.63) is 56.7 Å². The summed E-state index contributed by atoms with van der Waals surface area (Å²) in [5, 5.41) is 0. The van der Waals surface area contributed by atoms with Gasteiger partial charge in [-0.05, 0) is 40.2 Å². The van der Waals surface area contributed by atoms with E-state index in [1.165, 1.54) is 6.07 Å². The third-order valence-corrected chi connectivity index (χ3v) is 3.73. The highest BCUT2D eigenvalue weighted by Crippen LogP contribution is 2.31. The molecule has 0 spiro atoms. The molecular formula is C13H10Br2FNO. The second kappa shape index (κ2) is 5.71. The molecule has 2 nitrogen and oxygen atoms in total. The summed E-state index contributed by atoms with van der Waals surface area (Å²) in [4.78, 5) is 0. The molecule has 0 aromatic heterocycles. The quantitative estimate of drug-likeness (QED) is 0.802. The highest BCUT2D eigenvalue weighted by molar-refractivity contribution is 9.11. The summed E-state index contributed by atoms with van der Waals surface area (Å²) in [6.07, 6.45) is 0. The lowest BCUT2D eigenvalue weighted by atomic mass is 10.2. The van der Waals surface area contributed by atoms with Crippen molar-refractivity contribution in [1.82, 2.24) is 0 Å². The third kappa shape index (κ3) is 3.03. The van der Waals surface area contributed by atoms with Crippen molar-refractivity contribution in [3.63, 3.8) is 0 Å². The molecule has 0 amide bonds. The van der Waals surface area contributed by atoms with Gasteiger partial charge in [-0.2, -0.15) is 0 Å². The predicted molar refractivity (Wildman–Crippen MR) is 77.0 cm³/mol. The van der Waals surface area contributed by atoms with E-state index in [-0.39, 0.29) is 12.4 Å². The van der Waals surface area contributed by atoms with Crippen LogP contribution in [0.25, 0.3) is 0 Å². The lowest BCUT2D eigenvalue weighted by Gasteiger charge is -2.10. The van der Waals surface area contributed by atoms with Crippen LogP contribution in [-0.2, 0) is 6.61 Å². The van der Waals surface area contributed by atoms with Gasteiger partial charge in [0.2, 0.25) is 0 Å². The first-order chi connectivity index (χ1) is 8.58. The van der Waals surface area contributed by atoms with Crippen LogP contribution in [0.5, 0.6) is 5.75 Å². The zero-order valence-electron chi connectivity index (χ0n) is 9.29. The van der Waals surface area contributed by atoms with E-state index in [1.54, 1.807) is 30.3 Å². The van der Waals surface area contributed by atoms with Crippen LogP contribution in [0.3, 0.4) is 0 Å². The van der Waals surface area contributed by atoms with Gasteiger partial charge in [-0.15, -0.1) is 0 Å². The van der Waals surface area contributed by atoms with Crippen molar-refractivity contribution in [2.45, 2.75) is 6.61 Å². The molecule has 5 heteroatoms. The van der Waals surface area contributed by atoms with E-state index in [2.05, 4.69) is 31.9 Å². The number of hydrogen-bond donors (Lipinski definition) is 1. The minimum absolute atomic E-state index is 0.154. The lowest BCUT2D eigenvalue weighted by molar-refractivity contribution is 0.298. The van der Waals surface area contributed by atoms with Gasteiger partial charge in [0.25, 0.3) is 0 Å². The first kappa shape index (κ1) is 13.4. The molecule has 0 heterocycles. The number of anilines is 1. The van der Waals surface area contributed by atoms with Gasteiger partial charge < -0.3 is 10.5 Å². The Kier molecular flexibility index (Phi) is 4.24. The summed E-state index contributed by atoms with van der Waals surface area (Å²) in [6, 6.07) is 10.2. The van der Waals surface area contributed by atoms with Gasteiger partial charge in [0, 0.05) is 15.7 Å². The molecule has 0 atom stereocenters. The Morgan fingerprint density at radius 2 is 1.94 bits per heavy atom. The van der Waals surface area contributed by atoms with Crippen molar-refractivity contribution in [2.75, 3.05) is 5.73 Å². The van der Waals surface area contributed by atoms with Crippen LogP contribution in [0.4, 0.5) is 10.1 Å². The third-order valence-electron chi connectivity index (χ3n) is 2.39. The Labute approximate surface area is 121 Å². The van der Waals surface area contributed by atoms with Gasteiger partial charge in [-0.3, -0.25) is 0 Å². The number of nitrogens with two attached hydrogens (primary N) is 1. The van der Waals surface area contributed by atoms with Crippen molar-refractivity contribution in [1.29, 1.82) is 0 Å². The van der Waals surface area contributed by atoms with Crippen LogP contribution in [0.15, 0.2) is 45.3 Å². The van der Waals surface area contributed by atoms with Gasteiger partial charge >= 0.3 is 0 Å². The van der Waals surface area contributed by atoms with E-state index >= 15 is 0 Å². The first-order valence-electron chi connectivity index (χ1n) is 5.18. The van der Waals surface area contributed by atoms with Crippen LogP contribution in [0, 0.1) is 5.82 Å². The Hall–Kier alpha value is -1.07. The van der Waals surface area contributed by atoms with Crippen LogP contribution in [-0.4, -0.2) is 0 Å². The fourth-order valence-corrected chi connectivity index (χ4v) is 2.15. The fraction of sp³-hybridized carbons (Fsp3) is 0.0769. The van der Waals surface area contributed by atoms with Crippen molar-refractivity contribution in [2.24, 2.45) is 0 Å². The minimum Gasteiger partial charge on any atom is -0.488 e. The Morgan fingerprint density at radius 3 is 2.67 bits per heavy atom. The number of ether oxygens (including phenoxy) is 1. The number of nitrogen functional groups attached to an aromatic ring is 1. The summed E-state index contributed by atoms with van der Waals surface area (Å²) in [6.45, 7) is 0.154. The summed E-state index contributed by atoms with van der Waals surface area (Å²) in [7, 11) is 0. The highest BCUT2D eigenvalue weighted by atomic mass is 79.9. The molecule has 94 valence electrons. The first-order valence-corrected chi connectivity index (χ1v) is 6.77. The second-order valence-corrected chi connectivity index (χ2v) is 5.39. The largest absolute Gasteiger partial charge is 0.488 e. The van der Waals surface area contributed by atoms with Crippen LogP contribution in [0.1, 0.15) is 5.56 Å². The molecule has 0 saturated carbocycles. The van der Waals surface area contributed by atoms with Crippen LogP contribution in [0.2, 0.25) is 0 Å². The highest BCUT2D eigenvalue weighted by Gasteiger charge is 2.07. The van der Waals surface area contributed by atoms with E-state index in [1.807, 2.05) is 0 Å². The fourth-order valence-electron chi connectivity index (χ4n) is 1.43. The molecule has 0 bridgehead atoms. The topological polar surface area (TPSA) is 35.2 Å². The lowest BCUT2D eigenvalue weighted by Crippen LogP contribution is -2.00. The van der Waals surface area contributed by atoms with Crippen LogP contribution < -0.4 is 10.5 Å². The molecule has 2 aromatic carbocycles. The maximum absolute atomic E-state index is 13.6. The Balaban J connectivity index is 2.14. The van der Waals surface area contributed by atoms with E-state index in [4.69, 9.17) is 10.5 Å². The van der Waals surface area contributed by atoms with Crippen molar-refractivity contribution >= 4 is 37.5 Å². The SMILES string of the molecule is Nc1cccc(OCc2ccc(Br)cc2F)c1Br. The molecule has 0 aliphatic heterocycles. The zero-order chi connectivity index (χ0) is 13.1. The van der Waals surface area contributed by atoms with E-state index < -0.39 is 0 Å². The van der Waals surface area contributed by atoms with Gasteiger partial charge in [0.1, 0.15) is 18.2 Å². The number of hydrogen-bond acceptors (Lipinski definition) is 2. The summed E-state index contributed by atoms with van der Waals surface area (Å²) in [5.41, 5.74) is 6.81. The molecule has 2 N–H and O–H groups in total. The number of benzene rings is 2. The summed E-state index contributed by atoms with van der Waals surface area (Å²) < 4.78 is 20.5. The van der Waals surface area contributed by atoms with Gasteiger partial charge in [-0.25, -0.2) is 4.39 Å². The van der Waals surface area contributed by atoms with Crippen molar-refractivity contribution in [3.8, 4) is 5.75 Å². The summed E-state index contributed by atoms with van der Waals surface area (Å²) in [5.74, 6) is 0.293. The average molecular weight is 375 g/mol. The minimum atomic E-state index is -0.301. The van der Waals surface area contributed by atoms with Crippen molar-refractivity contribution < 1.29 is 9.13 Å². The molecule has 0 aliphatic carbocycles. The summed E-state index contributed by atoms with van der Waals surface area (Å²) >= 11 is 6.54. The molecule has 2 rings (SSSR count). The van der Waals surface area contributed by atoms with Gasteiger partial charge in [-0.1, -0.05) is 28.1 Å². The van der Waals surface area contributed by atoms with Gasteiger partial charge in [0.05, 0.1) is 4.47 Å². The normalized spacial score (nSPS) is 10.4. The molecular weight excluding hydrogens is 365 g/mol. The standard InChI is InChI=1S/C13H10Br2FNO/c14-9-5-4-8(10(16)6-9)7-18-12-3-1-2-11(17)13(12)15/h1-6H,7,17H2. The molecule has 2 aromatic rings. The van der Waals surface area contributed by atoms with E-state index in [0.717, 1.165) is 0 Å². The predicted octanol–water partition coefficient (Wildman–Crippen LogP) is 4.51. The smallest absolute Gasteiger partial charge is 0.136 e. The van der Waals surface area contributed by atoms with Crippen LogP contribution >= 0.6 is 31.9 Å². The number of rotatable bonds is 3.